The number of nitrogens with zero attached hydrogens (tertiary/aromatic N) is 1. The van der Waals surface area contributed by atoms with Crippen LogP contribution in [0.15, 0.2) is 30.3 Å². The molecular formula is C14H17NO3S. The van der Waals surface area contributed by atoms with E-state index in [1.165, 1.54) is 17.8 Å². The summed E-state index contributed by atoms with van der Waals surface area (Å²) in [6.07, 6.45) is 4.53. The molecule has 0 heterocycles. The number of hydrogen-bond donors (Lipinski definition) is 1. The summed E-state index contributed by atoms with van der Waals surface area (Å²) in [5.41, 5.74) is 1.79. The number of carbonyl (C=O) groups is 2. The van der Waals surface area contributed by atoms with Gasteiger partial charge in [-0.3, -0.25) is 4.79 Å². The Morgan fingerprint density at radius 2 is 2.16 bits per heavy atom. The Labute approximate surface area is 117 Å². The van der Waals surface area contributed by atoms with Crippen molar-refractivity contribution >= 4 is 29.7 Å². The van der Waals surface area contributed by atoms with Crippen LogP contribution in [0.5, 0.6) is 0 Å². The van der Waals surface area contributed by atoms with E-state index in [-0.39, 0.29) is 5.91 Å². The first-order chi connectivity index (χ1) is 9.02. The molecule has 0 saturated carbocycles. The molecule has 4 nitrogen and oxygen atoms in total. The first kappa shape index (κ1) is 15.3. The van der Waals surface area contributed by atoms with E-state index in [9.17, 15) is 9.59 Å². The second-order valence-electron chi connectivity index (χ2n) is 4.10. The van der Waals surface area contributed by atoms with Gasteiger partial charge >= 0.3 is 5.97 Å². The highest BCUT2D eigenvalue weighted by molar-refractivity contribution is 7.99. The number of benzene rings is 1. The average Bonchev–Trinajstić information content (AvgIpc) is 2.37. The molecule has 1 rings (SSSR count). The summed E-state index contributed by atoms with van der Waals surface area (Å²) in [6, 6.07) is 7.47. The summed E-state index contributed by atoms with van der Waals surface area (Å²) >= 11 is 1.50. The van der Waals surface area contributed by atoms with Crippen LogP contribution in [-0.2, 0) is 16.1 Å². The van der Waals surface area contributed by atoms with Crippen LogP contribution in [0.2, 0.25) is 0 Å². The van der Waals surface area contributed by atoms with Crippen LogP contribution < -0.4 is 0 Å². The molecule has 0 saturated heterocycles. The fourth-order valence-corrected chi connectivity index (χ4v) is 2.03. The first-order valence-corrected chi connectivity index (χ1v) is 7.15. The van der Waals surface area contributed by atoms with Crippen molar-refractivity contribution < 1.29 is 14.7 Å². The zero-order valence-corrected chi connectivity index (χ0v) is 11.8. The maximum absolute atomic E-state index is 11.7. The van der Waals surface area contributed by atoms with Gasteiger partial charge in [0.1, 0.15) is 0 Å². The highest BCUT2D eigenvalue weighted by atomic mass is 32.2. The van der Waals surface area contributed by atoms with Gasteiger partial charge in [-0.25, -0.2) is 4.79 Å². The zero-order valence-electron chi connectivity index (χ0n) is 11.0. The van der Waals surface area contributed by atoms with Crippen LogP contribution in [0.4, 0.5) is 0 Å². The van der Waals surface area contributed by atoms with E-state index in [0.29, 0.717) is 12.3 Å². The number of aliphatic carboxylic acids is 1. The van der Waals surface area contributed by atoms with Gasteiger partial charge in [0.05, 0.1) is 5.75 Å². The first-order valence-electron chi connectivity index (χ1n) is 5.75. The number of carboxylic acid groups (broad SMARTS) is 1. The lowest BCUT2D eigenvalue weighted by Crippen LogP contribution is -2.27. The summed E-state index contributed by atoms with van der Waals surface area (Å²) in [6.45, 7) is 0.522. The molecule has 0 aromatic heterocycles. The molecule has 0 aliphatic heterocycles. The third-order valence-corrected chi connectivity index (χ3v) is 3.02. The van der Waals surface area contributed by atoms with Gasteiger partial charge in [0, 0.05) is 19.7 Å². The Bertz CT molecular complexity index is 485. The standard InChI is InChI=1S/C14H17NO3S/c1-15(13(16)10-19-2)9-12-5-3-4-11(8-12)6-7-14(17)18/h3-8H,9-10H2,1-2H3,(H,17,18)/b7-6+. The lowest BCUT2D eigenvalue weighted by molar-refractivity contribution is -0.131. The summed E-state index contributed by atoms with van der Waals surface area (Å²) in [7, 11) is 1.76. The van der Waals surface area contributed by atoms with Crippen molar-refractivity contribution in [3.8, 4) is 0 Å². The Kier molecular flexibility index (Phi) is 6.15. The van der Waals surface area contributed by atoms with Crippen molar-refractivity contribution in [2.45, 2.75) is 6.54 Å². The van der Waals surface area contributed by atoms with E-state index in [1.807, 2.05) is 30.5 Å². The fraction of sp³-hybridized carbons (Fsp3) is 0.286. The summed E-state index contributed by atoms with van der Waals surface area (Å²) in [5, 5.41) is 8.58. The van der Waals surface area contributed by atoms with E-state index in [4.69, 9.17) is 5.11 Å². The number of thioether (sulfide) groups is 1. The number of carbonyl (C=O) groups excluding carboxylic acids is 1. The van der Waals surface area contributed by atoms with E-state index in [2.05, 4.69) is 0 Å². The Morgan fingerprint density at radius 1 is 1.42 bits per heavy atom. The third-order valence-electron chi connectivity index (χ3n) is 2.48. The number of rotatable bonds is 6. The molecule has 1 amide bonds. The van der Waals surface area contributed by atoms with E-state index in [0.717, 1.165) is 17.2 Å². The lowest BCUT2D eigenvalue weighted by atomic mass is 10.1. The molecule has 0 spiro atoms. The highest BCUT2D eigenvalue weighted by Gasteiger charge is 2.08. The molecule has 0 aliphatic carbocycles. The molecule has 0 fully saturated rings. The molecule has 1 N–H and O–H groups in total. The Hall–Kier alpha value is -1.75. The maximum Gasteiger partial charge on any atom is 0.328 e. The SMILES string of the molecule is CSCC(=O)N(C)Cc1cccc(/C=C/C(=O)O)c1. The molecule has 1 aromatic carbocycles. The van der Waals surface area contributed by atoms with Crippen LogP contribution in [-0.4, -0.2) is 40.9 Å². The third kappa shape index (κ3) is 5.61. The zero-order chi connectivity index (χ0) is 14.3. The second-order valence-corrected chi connectivity index (χ2v) is 4.97. The number of amides is 1. The van der Waals surface area contributed by atoms with Crippen LogP contribution in [0, 0.1) is 0 Å². The normalized spacial score (nSPS) is 10.6. The van der Waals surface area contributed by atoms with Crippen LogP contribution in [0.1, 0.15) is 11.1 Å². The number of carboxylic acids is 1. The van der Waals surface area contributed by atoms with Crippen molar-refractivity contribution in [2.24, 2.45) is 0 Å². The molecule has 0 radical (unpaired) electrons. The van der Waals surface area contributed by atoms with Gasteiger partial charge in [-0.15, -0.1) is 0 Å². The van der Waals surface area contributed by atoms with Gasteiger partial charge in [-0.05, 0) is 29.5 Å². The van der Waals surface area contributed by atoms with Gasteiger partial charge in [0.15, 0.2) is 0 Å². The summed E-state index contributed by atoms with van der Waals surface area (Å²) in [4.78, 5) is 23.8. The highest BCUT2D eigenvalue weighted by Crippen LogP contribution is 2.10. The van der Waals surface area contributed by atoms with Crippen LogP contribution in [0.25, 0.3) is 6.08 Å². The minimum Gasteiger partial charge on any atom is -0.478 e. The van der Waals surface area contributed by atoms with E-state index >= 15 is 0 Å². The minimum absolute atomic E-state index is 0.0824. The molecule has 0 aliphatic rings. The van der Waals surface area contributed by atoms with Crippen LogP contribution >= 0.6 is 11.8 Å². The van der Waals surface area contributed by atoms with Gasteiger partial charge in [0.2, 0.25) is 5.91 Å². The smallest absolute Gasteiger partial charge is 0.328 e. The molecule has 0 bridgehead atoms. The molecule has 19 heavy (non-hydrogen) atoms. The lowest BCUT2D eigenvalue weighted by Gasteiger charge is -2.16. The Balaban J connectivity index is 2.71. The molecule has 0 atom stereocenters. The van der Waals surface area contributed by atoms with Crippen molar-refractivity contribution in [3.05, 3.63) is 41.5 Å². The van der Waals surface area contributed by atoms with Gasteiger partial charge in [-0.1, -0.05) is 18.2 Å². The topological polar surface area (TPSA) is 57.6 Å². The average molecular weight is 279 g/mol. The van der Waals surface area contributed by atoms with Crippen molar-refractivity contribution in [1.82, 2.24) is 4.90 Å². The summed E-state index contributed by atoms with van der Waals surface area (Å²) in [5.74, 6) is -0.425. The van der Waals surface area contributed by atoms with Gasteiger partial charge < -0.3 is 10.0 Å². The summed E-state index contributed by atoms with van der Waals surface area (Å²) < 4.78 is 0. The quantitative estimate of drug-likeness (QED) is 0.810. The molecule has 1 aromatic rings. The monoisotopic (exact) mass is 279 g/mol. The molecule has 0 unspecified atom stereocenters. The van der Waals surface area contributed by atoms with Gasteiger partial charge in [0.25, 0.3) is 0 Å². The van der Waals surface area contributed by atoms with Crippen molar-refractivity contribution in [1.29, 1.82) is 0 Å². The largest absolute Gasteiger partial charge is 0.478 e. The van der Waals surface area contributed by atoms with Crippen LogP contribution in [0.3, 0.4) is 0 Å². The van der Waals surface area contributed by atoms with E-state index in [1.54, 1.807) is 11.9 Å². The molecular weight excluding hydrogens is 262 g/mol. The molecule has 5 heteroatoms. The Morgan fingerprint density at radius 3 is 2.79 bits per heavy atom. The molecule has 102 valence electrons. The van der Waals surface area contributed by atoms with E-state index < -0.39 is 5.97 Å². The number of hydrogen-bond acceptors (Lipinski definition) is 3. The van der Waals surface area contributed by atoms with Crippen molar-refractivity contribution in [3.63, 3.8) is 0 Å². The predicted molar refractivity (Wildman–Crippen MR) is 78.0 cm³/mol. The van der Waals surface area contributed by atoms with Gasteiger partial charge in [-0.2, -0.15) is 11.8 Å². The minimum atomic E-state index is -0.974. The maximum atomic E-state index is 11.7. The fourth-order valence-electron chi connectivity index (χ4n) is 1.56. The van der Waals surface area contributed by atoms with Crippen molar-refractivity contribution in [2.75, 3.05) is 19.1 Å². The second kappa shape index (κ2) is 7.63. The predicted octanol–water partition coefficient (Wildman–Crippen LogP) is 2.11.